The van der Waals surface area contributed by atoms with Crippen molar-refractivity contribution in [3.8, 4) is 17.2 Å². The molecule has 0 bridgehead atoms. The third-order valence-corrected chi connectivity index (χ3v) is 7.49. The highest BCUT2D eigenvalue weighted by Crippen LogP contribution is 2.23. The van der Waals surface area contributed by atoms with E-state index in [0.29, 0.717) is 17.9 Å². The van der Waals surface area contributed by atoms with E-state index in [1.807, 2.05) is 6.92 Å². The van der Waals surface area contributed by atoms with Gasteiger partial charge in [0.05, 0.1) is 18.1 Å². The molecule has 2 amide bonds. The number of carbonyl (C=O) groups is 2. The Hall–Kier alpha value is -3.97. The third kappa shape index (κ3) is 6.06. The second-order valence-electron chi connectivity index (χ2n) is 7.94. The number of nitrogens with one attached hydrogen (secondary N) is 1. The van der Waals surface area contributed by atoms with Gasteiger partial charge in [0.1, 0.15) is 5.75 Å². The number of benzene rings is 2. The molecule has 0 aliphatic carbocycles. The van der Waals surface area contributed by atoms with Gasteiger partial charge in [-0.2, -0.15) is 4.31 Å². The average Bonchev–Trinajstić information content (AvgIpc) is 3.38. The van der Waals surface area contributed by atoms with Gasteiger partial charge in [-0.3, -0.25) is 10.1 Å². The summed E-state index contributed by atoms with van der Waals surface area (Å²) in [4.78, 5) is 26.0. The van der Waals surface area contributed by atoms with Crippen LogP contribution < -0.4 is 10.1 Å². The predicted molar refractivity (Wildman–Crippen MR) is 133 cm³/mol. The number of sulfonamides is 1. The second kappa shape index (κ2) is 11.4. The lowest BCUT2D eigenvalue weighted by Crippen LogP contribution is -2.50. The lowest BCUT2D eigenvalue weighted by Gasteiger charge is -2.33. The van der Waals surface area contributed by atoms with Crippen LogP contribution in [0.25, 0.3) is 11.5 Å². The van der Waals surface area contributed by atoms with E-state index in [-0.39, 0.29) is 55.2 Å². The molecule has 196 valence electrons. The third-order valence-electron chi connectivity index (χ3n) is 5.58. The first-order valence-corrected chi connectivity index (χ1v) is 13.2. The molecule has 1 fully saturated rings. The molecule has 0 radical (unpaired) electrons. The summed E-state index contributed by atoms with van der Waals surface area (Å²) >= 11 is 0. The van der Waals surface area contributed by atoms with Crippen LogP contribution in [0.2, 0.25) is 0 Å². The highest BCUT2D eigenvalue weighted by molar-refractivity contribution is 7.89. The van der Waals surface area contributed by atoms with Crippen molar-refractivity contribution in [3.05, 3.63) is 54.1 Å². The van der Waals surface area contributed by atoms with Crippen LogP contribution in [0.5, 0.6) is 5.75 Å². The summed E-state index contributed by atoms with van der Waals surface area (Å²) in [6, 6.07) is 12.5. The molecule has 1 aliphatic heterocycles. The van der Waals surface area contributed by atoms with Crippen molar-refractivity contribution < 1.29 is 31.9 Å². The summed E-state index contributed by atoms with van der Waals surface area (Å²) in [6.45, 7) is 5.19. The molecular formula is C24H27N5O7S. The summed E-state index contributed by atoms with van der Waals surface area (Å²) in [6.07, 6.45) is -0.456. The molecule has 0 spiro atoms. The number of hydrogen-bond donors (Lipinski definition) is 1. The normalized spacial score (nSPS) is 14.3. The fourth-order valence-corrected chi connectivity index (χ4v) is 5.10. The number of aromatic nitrogens is 2. The largest absolute Gasteiger partial charge is 0.494 e. The van der Waals surface area contributed by atoms with Gasteiger partial charge in [0.2, 0.25) is 15.9 Å². The molecule has 2 heterocycles. The summed E-state index contributed by atoms with van der Waals surface area (Å²) in [7, 11) is -3.79. The predicted octanol–water partition coefficient (Wildman–Crippen LogP) is 2.85. The fraction of sp³-hybridized carbons (Fsp3) is 0.333. The first kappa shape index (κ1) is 26.1. The van der Waals surface area contributed by atoms with E-state index in [4.69, 9.17) is 13.9 Å². The first-order chi connectivity index (χ1) is 17.8. The molecule has 0 unspecified atom stereocenters. The van der Waals surface area contributed by atoms with Crippen LogP contribution in [-0.2, 0) is 14.8 Å². The molecule has 37 heavy (non-hydrogen) atoms. The zero-order valence-corrected chi connectivity index (χ0v) is 21.2. The Balaban J connectivity index is 1.36. The van der Waals surface area contributed by atoms with E-state index in [9.17, 15) is 18.0 Å². The highest BCUT2D eigenvalue weighted by Gasteiger charge is 2.30. The van der Waals surface area contributed by atoms with E-state index in [1.165, 1.54) is 33.5 Å². The van der Waals surface area contributed by atoms with Gasteiger partial charge in [0.25, 0.3) is 5.91 Å². The smallest absolute Gasteiger partial charge is 0.409 e. The van der Waals surface area contributed by atoms with Crippen molar-refractivity contribution in [2.45, 2.75) is 18.7 Å². The summed E-state index contributed by atoms with van der Waals surface area (Å²) in [5.41, 5.74) is 0.876. The molecule has 0 saturated carbocycles. The van der Waals surface area contributed by atoms with Crippen LogP contribution in [0.4, 0.5) is 10.8 Å². The number of ether oxygens (including phenoxy) is 2. The number of nitrogens with zero attached hydrogens (tertiary/aromatic N) is 4. The van der Waals surface area contributed by atoms with E-state index < -0.39 is 22.0 Å². The SMILES string of the molecule is CCOC(=O)N1CCN(S(=O)(=O)c2ccc(C(=O)Nc3nnc(-c4ccc(OCC)cc4)o3)cc2)CC1. The van der Waals surface area contributed by atoms with Crippen LogP contribution in [-0.4, -0.2) is 79.2 Å². The lowest BCUT2D eigenvalue weighted by molar-refractivity contribution is 0.0933. The molecule has 1 aliphatic rings. The van der Waals surface area contributed by atoms with E-state index >= 15 is 0 Å². The first-order valence-electron chi connectivity index (χ1n) is 11.7. The minimum Gasteiger partial charge on any atom is -0.494 e. The van der Waals surface area contributed by atoms with Crippen molar-refractivity contribution in [3.63, 3.8) is 0 Å². The van der Waals surface area contributed by atoms with Gasteiger partial charge in [-0.25, -0.2) is 13.2 Å². The van der Waals surface area contributed by atoms with Crippen LogP contribution in [0.15, 0.2) is 57.8 Å². The number of carbonyl (C=O) groups excluding carboxylic acids is 2. The van der Waals surface area contributed by atoms with Crippen LogP contribution >= 0.6 is 0 Å². The topological polar surface area (TPSA) is 144 Å². The second-order valence-corrected chi connectivity index (χ2v) is 9.88. The number of anilines is 1. The Kier molecular flexibility index (Phi) is 8.04. The number of rotatable bonds is 8. The Morgan fingerprint density at radius 2 is 1.62 bits per heavy atom. The Bertz CT molecular complexity index is 1330. The molecule has 12 nitrogen and oxygen atoms in total. The molecule has 1 aromatic heterocycles. The molecular weight excluding hydrogens is 502 g/mol. The van der Waals surface area contributed by atoms with Crippen molar-refractivity contribution in [1.29, 1.82) is 0 Å². The zero-order chi connectivity index (χ0) is 26.4. The van der Waals surface area contributed by atoms with Crippen LogP contribution in [0, 0.1) is 0 Å². The Labute approximate surface area is 214 Å². The summed E-state index contributed by atoms with van der Waals surface area (Å²) < 4.78 is 43.2. The number of amides is 2. The Morgan fingerprint density at radius 3 is 2.24 bits per heavy atom. The molecule has 3 aromatic rings. The van der Waals surface area contributed by atoms with Gasteiger partial charge in [0, 0.05) is 37.3 Å². The lowest BCUT2D eigenvalue weighted by atomic mass is 10.2. The average molecular weight is 530 g/mol. The van der Waals surface area contributed by atoms with Gasteiger partial charge in [-0.1, -0.05) is 5.10 Å². The molecule has 4 rings (SSSR count). The van der Waals surface area contributed by atoms with Crippen LogP contribution in [0.3, 0.4) is 0 Å². The quantitative estimate of drug-likeness (QED) is 0.466. The Morgan fingerprint density at radius 1 is 0.946 bits per heavy atom. The standard InChI is InChI=1S/C24H27N5O7S/c1-3-34-19-9-5-18(6-10-19)22-26-27-23(36-22)25-21(30)17-7-11-20(12-8-17)37(32,33)29-15-13-28(14-16-29)24(31)35-4-2/h5-12H,3-4,13-16H2,1-2H3,(H,25,27,30). The van der Waals surface area contributed by atoms with Gasteiger partial charge >= 0.3 is 12.1 Å². The number of piperazine rings is 1. The van der Waals surface area contributed by atoms with Crippen LogP contribution in [0.1, 0.15) is 24.2 Å². The van der Waals surface area contributed by atoms with Gasteiger partial charge in [0.15, 0.2) is 0 Å². The maximum absolute atomic E-state index is 13.0. The molecule has 1 N–H and O–H groups in total. The summed E-state index contributed by atoms with van der Waals surface area (Å²) in [5.74, 6) is 0.403. The fourth-order valence-electron chi connectivity index (χ4n) is 3.67. The summed E-state index contributed by atoms with van der Waals surface area (Å²) in [5, 5.41) is 10.3. The van der Waals surface area contributed by atoms with Gasteiger partial charge < -0.3 is 18.8 Å². The molecule has 0 atom stereocenters. The minimum atomic E-state index is -3.79. The maximum Gasteiger partial charge on any atom is 0.409 e. The highest BCUT2D eigenvalue weighted by atomic mass is 32.2. The van der Waals surface area contributed by atoms with Crippen molar-refractivity contribution >= 4 is 28.0 Å². The maximum atomic E-state index is 13.0. The van der Waals surface area contributed by atoms with E-state index in [0.717, 1.165) is 0 Å². The molecule has 13 heteroatoms. The minimum absolute atomic E-state index is 0.0456. The van der Waals surface area contributed by atoms with E-state index in [1.54, 1.807) is 31.2 Å². The van der Waals surface area contributed by atoms with Gasteiger partial charge in [-0.05, 0) is 62.4 Å². The molecule has 1 saturated heterocycles. The van der Waals surface area contributed by atoms with Crippen molar-refractivity contribution in [2.24, 2.45) is 0 Å². The van der Waals surface area contributed by atoms with Gasteiger partial charge in [-0.15, -0.1) is 5.10 Å². The van der Waals surface area contributed by atoms with Crippen molar-refractivity contribution in [1.82, 2.24) is 19.4 Å². The monoisotopic (exact) mass is 529 g/mol. The molecule has 2 aromatic carbocycles. The number of hydrogen-bond acceptors (Lipinski definition) is 9. The zero-order valence-electron chi connectivity index (χ0n) is 20.4. The van der Waals surface area contributed by atoms with E-state index in [2.05, 4.69) is 15.5 Å². The van der Waals surface area contributed by atoms with Crippen molar-refractivity contribution in [2.75, 3.05) is 44.7 Å².